The molecule has 0 saturated heterocycles. The lowest BCUT2D eigenvalue weighted by Crippen LogP contribution is -2.32. The lowest BCUT2D eigenvalue weighted by atomic mass is 9.86. The summed E-state index contributed by atoms with van der Waals surface area (Å²) >= 11 is 0. The predicted octanol–water partition coefficient (Wildman–Crippen LogP) is 3.39. The fraction of sp³-hybridized carbons (Fsp3) is 0.556. The van der Waals surface area contributed by atoms with Crippen LogP contribution in [0.3, 0.4) is 0 Å². The maximum Gasteiger partial charge on any atom is 0.222 e. The Morgan fingerprint density at radius 1 is 1.23 bits per heavy atom. The third-order valence-corrected chi connectivity index (χ3v) is 4.47. The third kappa shape index (κ3) is 4.86. The van der Waals surface area contributed by atoms with Crippen LogP contribution in [0.1, 0.15) is 55.3 Å². The largest absolute Gasteiger partial charge is 0.508 e. The Bertz CT molecular complexity index is 521. The van der Waals surface area contributed by atoms with Crippen molar-refractivity contribution in [2.45, 2.75) is 44.9 Å². The minimum Gasteiger partial charge on any atom is -0.508 e. The Balaban J connectivity index is 1.79. The first-order valence-electron chi connectivity index (χ1n) is 8.12. The molecule has 1 saturated carbocycles. The van der Waals surface area contributed by atoms with Crippen LogP contribution in [0.25, 0.3) is 0 Å². The molecule has 0 unspecified atom stereocenters. The monoisotopic (exact) mass is 303 g/mol. The Morgan fingerprint density at radius 2 is 1.95 bits per heavy atom. The zero-order valence-corrected chi connectivity index (χ0v) is 13.3. The molecule has 1 aliphatic rings. The molecule has 4 heteroatoms. The van der Waals surface area contributed by atoms with Crippen LogP contribution in [0.5, 0.6) is 5.75 Å². The molecule has 1 aromatic carbocycles. The van der Waals surface area contributed by atoms with Gasteiger partial charge in [0.05, 0.1) is 6.54 Å². The fourth-order valence-corrected chi connectivity index (χ4v) is 3.07. The number of hydrogen-bond acceptors (Lipinski definition) is 3. The van der Waals surface area contributed by atoms with E-state index in [2.05, 4.69) is 0 Å². The van der Waals surface area contributed by atoms with Crippen LogP contribution >= 0.6 is 0 Å². The van der Waals surface area contributed by atoms with E-state index in [1.165, 1.54) is 49.1 Å². The second kappa shape index (κ2) is 7.97. The first-order chi connectivity index (χ1) is 10.6. The van der Waals surface area contributed by atoms with Crippen LogP contribution in [0.15, 0.2) is 24.3 Å². The highest BCUT2D eigenvalue weighted by Crippen LogP contribution is 2.27. The third-order valence-electron chi connectivity index (χ3n) is 4.47. The van der Waals surface area contributed by atoms with E-state index in [9.17, 15) is 14.7 Å². The molecule has 0 heterocycles. The number of benzene rings is 1. The van der Waals surface area contributed by atoms with Crippen molar-refractivity contribution in [3.8, 4) is 5.75 Å². The van der Waals surface area contributed by atoms with Gasteiger partial charge in [-0.25, -0.2) is 0 Å². The maximum absolute atomic E-state index is 12.1. The molecule has 1 N–H and O–H groups in total. The van der Waals surface area contributed by atoms with Gasteiger partial charge in [-0.1, -0.05) is 44.2 Å². The molecule has 0 aromatic heterocycles. The number of amides is 1. The Hall–Kier alpha value is -1.84. The summed E-state index contributed by atoms with van der Waals surface area (Å²) in [6, 6.07) is 6.24. The van der Waals surface area contributed by atoms with Gasteiger partial charge in [0.25, 0.3) is 0 Å². The van der Waals surface area contributed by atoms with Gasteiger partial charge in [0, 0.05) is 19.0 Å². The summed E-state index contributed by atoms with van der Waals surface area (Å²) < 4.78 is 0. The zero-order valence-electron chi connectivity index (χ0n) is 13.3. The number of phenolic OH excluding ortho intramolecular Hbond substituents is 1. The predicted molar refractivity (Wildman–Crippen MR) is 85.9 cm³/mol. The number of nitrogens with zero attached hydrogens (tertiary/aromatic N) is 1. The molecule has 120 valence electrons. The first kappa shape index (κ1) is 16.5. The average Bonchev–Trinajstić information content (AvgIpc) is 2.53. The minimum absolute atomic E-state index is 0.0269. The van der Waals surface area contributed by atoms with Crippen molar-refractivity contribution in [1.29, 1.82) is 0 Å². The van der Waals surface area contributed by atoms with Crippen molar-refractivity contribution < 1.29 is 14.7 Å². The first-order valence-corrected chi connectivity index (χ1v) is 8.12. The molecule has 0 spiro atoms. The molecule has 0 radical (unpaired) electrons. The number of Topliss-reactive ketones (excluding diaryl/α,β-unsaturated/α-hetero) is 1. The summed E-state index contributed by atoms with van der Waals surface area (Å²) in [5.74, 6) is 0.619. The molecule has 1 amide bonds. The number of hydrogen-bond donors (Lipinski definition) is 1. The highest BCUT2D eigenvalue weighted by molar-refractivity contribution is 5.99. The van der Waals surface area contributed by atoms with Gasteiger partial charge in [-0.3, -0.25) is 9.59 Å². The second-order valence-electron chi connectivity index (χ2n) is 6.27. The van der Waals surface area contributed by atoms with E-state index in [0.29, 0.717) is 17.9 Å². The maximum atomic E-state index is 12.1. The number of carbonyl (C=O) groups is 2. The molecule has 22 heavy (non-hydrogen) atoms. The van der Waals surface area contributed by atoms with E-state index in [1.54, 1.807) is 19.2 Å². The van der Waals surface area contributed by atoms with E-state index >= 15 is 0 Å². The molecule has 0 bridgehead atoms. The topological polar surface area (TPSA) is 57.6 Å². The van der Waals surface area contributed by atoms with E-state index < -0.39 is 0 Å². The molecule has 4 nitrogen and oxygen atoms in total. The second-order valence-corrected chi connectivity index (χ2v) is 6.27. The zero-order chi connectivity index (χ0) is 15.9. The van der Waals surface area contributed by atoms with Crippen molar-refractivity contribution in [2.75, 3.05) is 13.6 Å². The normalized spacial score (nSPS) is 15.5. The van der Waals surface area contributed by atoms with E-state index in [0.717, 1.165) is 6.42 Å². The molecule has 0 aliphatic heterocycles. The SMILES string of the molecule is CN(CC(=O)c1cccc(O)c1)C(=O)CCC1CCCCC1. The van der Waals surface area contributed by atoms with Crippen LogP contribution in [-0.2, 0) is 4.79 Å². The summed E-state index contributed by atoms with van der Waals surface area (Å²) in [6.45, 7) is 0.0625. The Morgan fingerprint density at radius 3 is 2.64 bits per heavy atom. The van der Waals surface area contributed by atoms with Gasteiger partial charge in [-0.05, 0) is 24.5 Å². The smallest absolute Gasteiger partial charge is 0.222 e. The number of likely N-dealkylation sites (N-methyl/N-ethyl adjacent to an activating group) is 1. The number of ketones is 1. The average molecular weight is 303 g/mol. The van der Waals surface area contributed by atoms with E-state index in [4.69, 9.17) is 0 Å². The number of phenols is 1. The van der Waals surface area contributed by atoms with E-state index in [-0.39, 0.29) is 24.0 Å². The molecule has 1 fully saturated rings. The molecular weight excluding hydrogens is 278 g/mol. The number of rotatable bonds is 6. The molecular formula is C18H25NO3. The molecule has 0 atom stereocenters. The lowest BCUT2D eigenvalue weighted by Gasteiger charge is -2.22. The number of carbonyl (C=O) groups excluding carboxylic acids is 2. The summed E-state index contributed by atoms with van der Waals surface area (Å²) in [6.07, 6.45) is 7.81. The molecule has 1 aromatic rings. The summed E-state index contributed by atoms with van der Waals surface area (Å²) in [5.41, 5.74) is 0.437. The van der Waals surface area contributed by atoms with Crippen LogP contribution in [0, 0.1) is 5.92 Å². The Kier molecular flexibility index (Phi) is 5.99. The summed E-state index contributed by atoms with van der Waals surface area (Å²) in [5, 5.41) is 9.40. The lowest BCUT2D eigenvalue weighted by molar-refractivity contribution is -0.129. The van der Waals surface area contributed by atoms with Gasteiger partial charge in [-0.2, -0.15) is 0 Å². The van der Waals surface area contributed by atoms with Crippen LogP contribution in [0.4, 0.5) is 0 Å². The van der Waals surface area contributed by atoms with Gasteiger partial charge in [-0.15, -0.1) is 0 Å². The van der Waals surface area contributed by atoms with Crippen LogP contribution in [0.2, 0.25) is 0 Å². The van der Waals surface area contributed by atoms with Crippen molar-refractivity contribution >= 4 is 11.7 Å². The van der Waals surface area contributed by atoms with E-state index in [1.807, 2.05) is 0 Å². The van der Waals surface area contributed by atoms with Crippen molar-refractivity contribution in [1.82, 2.24) is 4.90 Å². The minimum atomic E-state index is -0.149. The summed E-state index contributed by atoms with van der Waals surface area (Å²) in [7, 11) is 1.67. The fourth-order valence-electron chi connectivity index (χ4n) is 3.07. The summed E-state index contributed by atoms with van der Waals surface area (Å²) in [4.78, 5) is 25.8. The van der Waals surface area contributed by atoms with Gasteiger partial charge in [0.1, 0.15) is 5.75 Å². The highest BCUT2D eigenvalue weighted by Gasteiger charge is 2.18. The Labute approximate surface area is 132 Å². The van der Waals surface area contributed by atoms with Crippen LogP contribution in [-0.4, -0.2) is 35.3 Å². The van der Waals surface area contributed by atoms with Crippen molar-refractivity contribution in [2.24, 2.45) is 5.92 Å². The van der Waals surface area contributed by atoms with Gasteiger partial charge < -0.3 is 10.0 Å². The van der Waals surface area contributed by atoms with Crippen LogP contribution < -0.4 is 0 Å². The van der Waals surface area contributed by atoms with Crippen molar-refractivity contribution in [3.63, 3.8) is 0 Å². The van der Waals surface area contributed by atoms with Gasteiger partial charge in [0.2, 0.25) is 5.91 Å². The van der Waals surface area contributed by atoms with Crippen molar-refractivity contribution in [3.05, 3.63) is 29.8 Å². The molecule has 2 rings (SSSR count). The highest BCUT2D eigenvalue weighted by atomic mass is 16.3. The standard InChI is InChI=1S/C18H25NO3/c1-19(13-17(21)15-8-5-9-16(20)12-15)18(22)11-10-14-6-3-2-4-7-14/h5,8-9,12,14,20H,2-4,6-7,10-11,13H2,1H3. The van der Waals surface area contributed by atoms with Gasteiger partial charge in [0.15, 0.2) is 5.78 Å². The quantitative estimate of drug-likeness (QED) is 0.819. The van der Waals surface area contributed by atoms with Gasteiger partial charge >= 0.3 is 0 Å². The molecule has 1 aliphatic carbocycles. The number of aromatic hydroxyl groups is 1.